The number of likely N-dealkylation sites (tertiary alicyclic amines) is 1. The maximum atomic E-state index is 13.2. The Kier molecular flexibility index (Phi) is 6.88. The topological polar surface area (TPSA) is 116 Å². The molecule has 0 spiro atoms. The first-order chi connectivity index (χ1) is 17.1. The second-order valence-electron chi connectivity index (χ2n) is 8.30. The van der Waals surface area contributed by atoms with Crippen LogP contribution in [0.25, 0.3) is 10.9 Å². The Balaban J connectivity index is 1.53. The molecule has 1 fully saturated rings. The van der Waals surface area contributed by atoms with Crippen molar-refractivity contribution in [3.05, 3.63) is 60.3 Å². The first-order valence-corrected chi connectivity index (χ1v) is 10.9. The van der Waals surface area contributed by atoms with Crippen molar-refractivity contribution in [2.24, 2.45) is 5.73 Å². The molecule has 1 saturated heterocycles. The van der Waals surface area contributed by atoms with Gasteiger partial charge in [-0.15, -0.1) is 13.2 Å². The average molecular weight is 504 g/mol. The number of anilines is 1. The number of hydrogen-bond donors (Lipinski definition) is 2. The van der Waals surface area contributed by atoms with Crippen LogP contribution in [0.4, 0.5) is 28.4 Å². The first-order valence-electron chi connectivity index (χ1n) is 10.9. The van der Waals surface area contributed by atoms with Crippen LogP contribution < -0.4 is 15.8 Å². The van der Waals surface area contributed by atoms with E-state index in [2.05, 4.69) is 10.1 Å². The van der Waals surface area contributed by atoms with Gasteiger partial charge in [-0.25, -0.2) is 9.59 Å². The van der Waals surface area contributed by atoms with E-state index < -0.39 is 36.3 Å². The zero-order valence-corrected chi connectivity index (χ0v) is 19.1. The molecule has 9 nitrogen and oxygen atoms in total. The number of Topliss-reactive ketones (excluding diaryl/α,β-unsaturated/α-hetero) is 1. The third-order valence-electron chi connectivity index (χ3n) is 5.93. The number of nitrogens with two attached hydrogens (primary N) is 1. The molecule has 1 aromatic heterocycles. The van der Waals surface area contributed by atoms with Gasteiger partial charge in [-0.1, -0.05) is 30.3 Å². The minimum Gasteiger partial charge on any atom is -0.406 e. The van der Waals surface area contributed by atoms with Crippen molar-refractivity contribution in [1.29, 1.82) is 0 Å². The van der Waals surface area contributed by atoms with Crippen LogP contribution in [0.5, 0.6) is 5.75 Å². The molecule has 0 saturated carbocycles. The molecule has 3 aromatic rings. The number of carbonyl (C=O) groups is 3. The van der Waals surface area contributed by atoms with Crippen molar-refractivity contribution in [1.82, 2.24) is 9.47 Å². The van der Waals surface area contributed by atoms with E-state index in [0.717, 1.165) is 12.1 Å². The number of benzene rings is 2. The van der Waals surface area contributed by atoms with Gasteiger partial charge in [-0.2, -0.15) is 0 Å². The number of primary amides is 1. The zero-order valence-electron chi connectivity index (χ0n) is 19.1. The van der Waals surface area contributed by atoms with E-state index in [-0.39, 0.29) is 25.2 Å². The summed E-state index contributed by atoms with van der Waals surface area (Å²) in [6.45, 7) is 0.129. The molecule has 12 heteroatoms. The average Bonchev–Trinajstić information content (AvgIpc) is 3.41. The van der Waals surface area contributed by atoms with E-state index in [0.29, 0.717) is 22.2 Å². The Hall–Kier alpha value is -4.06. The molecule has 0 aliphatic carbocycles. The van der Waals surface area contributed by atoms with Gasteiger partial charge >= 0.3 is 18.4 Å². The zero-order chi connectivity index (χ0) is 26.0. The molecule has 1 aliphatic rings. The van der Waals surface area contributed by atoms with E-state index >= 15 is 0 Å². The van der Waals surface area contributed by atoms with Gasteiger partial charge in [0.05, 0.1) is 23.3 Å². The van der Waals surface area contributed by atoms with Crippen LogP contribution >= 0.6 is 0 Å². The molecule has 2 atom stereocenters. The number of nitrogens with one attached hydrogen (secondary N) is 1. The van der Waals surface area contributed by atoms with Crippen molar-refractivity contribution >= 4 is 34.4 Å². The van der Waals surface area contributed by atoms with Gasteiger partial charge < -0.3 is 25.4 Å². The van der Waals surface area contributed by atoms with E-state index in [1.165, 1.54) is 34.9 Å². The highest BCUT2D eigenvalue weighted by molar-refractivity contribution is 6.05. The fourth-order valence-corrected chi connectivity index (χ4v) is 4.32. The Bertz CT molecular complexity index is 1310. The molecule has 3 amide bonds. The monoisotopic (exact) mass is 504 g/mol. The Morgan fingerprint density at radius 1 is 1.14 bits per heavy atom. The lowest BCUT2D eigenvalue weighted by Gasteiger charge is -2.23. The highest BCUT2D eigenvalue weighted by atomic mass is 19.4. The predicted molar refractivity (Wildman–Crippen MR) is 124 cm³/mol. The standard InChI is InChI=1S/C24H23F3N4O5/c1-35-16-11-20(21(32)10-14-5-4-6-15(9-14)36-24(25,26)27)31(12-16)23(34)29-18-13-30(22(28)33)19-8-3-2-7-17(18)19/h2-9,13,16,20H,10-12H2,1H3,(H2,28,33)(H,29,34)/t16-,20-/m0/s1. The SMILES string of the molecule is CO[C@H]1C[C@@H](C(=O)Cc2cccc(OC(F)(F)F)c2)N(C(=O)Nc2cn(C(N)=O)c3ccccc23)C1. The third kappa shape index (κ3) is 5.43. The summed E-state index contributed by atoms with van der Waals surface area (Å²) in [5.74, 6) is -0.803. The van der Waals surface area contributed by atoms with Gasteiger partial charge in [-0.05, 0) is 23.8 Å². The van der Waals surface area contributed by atoms with Gasteiger partial charge in [0.15, 0.2) is 5.78 Å². The molecule has 1 aliphatic heterocycles. The summed E-state index contributed by atoms with van der Waals surface area (Å²) in [6.07, 6.45) is -3.84. The minimum absolute atomic E-state index is 0.129. The Morgan fingerprint density at radius 2 is 1.89 bits per heavy atom. The molecule has 3 N–H and O–H groups in total. The maximum Gasteiger partial charge on any atom is 0.573 e. The Labute approximate surface area is 203 Å². The third-order valence-corrected chi connectivity index (χ3v) is 5.93. The number of fused-ring (bicyclic) bond motifs is 1. The summed E-state index contributed by atoms with van der Waals surface area (Å²) in [6, 6.07) is 9.81. The van der Waals surface area contributed by atoms with Gasteiger partial charge in [0.25, 0.3) is 0 Å². The fourth-order valence-electron chi connectivity index (χ4n) is 4.32. The summed E-state index contributed by atoms with van der Waals surface area (Å²) >= 11 is 0. The minimum atomic E-state index is -4.85. The lowest BCUT2D eigenvalue weighted by Crippen LogP contribution is -2.43. The number of ketones is 1. The quantitative estimate of drug-likeness (QED) is 0.528. The van der Waals surface area contributed by atoms with Crippen LogP contribution in [0, 0.1) is 0 Å². The van der Waals surface area contributed by atoms with Crippen LogP contribution in [0.15, 0.2) is 54.7 Å². The highest BCUT2D eigenvalue weighted by Crippen LogP contribution is 2.29. The summed E-state index contributed by atoms with van der Waals surface area (Å²) in [5, 5.41) is 3.32. The number of rotatable bonds is 6. The molecule has 0 radical (unpaired) electrons. The lowest BCUT2D eigenvalue weighted by molar-refractivity contribution is -0.274. The predicted octanol–water partition coefficient (Wildman–Crippen LogP) is 3.90. The summed E-state index contributed by atoms with van der Waals surface area (Å²) < 4.78 is 48.1. The van der Waals surface area contributed by atoms with Crippen molar-refractivity contribution in [3.8, 4) is 5.75 Å². The largest absolute Gasteiger partial charge is 0.573 e. The number of methoxy groups -OCH3 is 1. The number of nitrogens with zero attached hydrogens (tertiary/aromatic N) is 2. The number of urea groups is 1. The number of aromatic nitrogens is 1. The second kappa shape index (κ2) is 9.90. The highest BCUT2D eigenvalue weighted by Gasteiger charge is 2.40. The van der Waals surface area contributed by atoms with E-state index in [1.807, 2.05) is 0 Å². The Morgan fingerprint density at radius 3 is 2.58 bits per heavy atom. The summed E-state index contributed by atoms with van der Waals surface area (Å²) in [7, 11) is 1.46. The van der Waals surface area contributed by atoms with Crippen LogP contribution in [0.1, 0.15) is 12.0 Å². The lowest BCUT2D eigenvalue weighted by atomic mass is 10.0. The molecule has 0 unspecified atom stereocenters. The van der Waals surface area contributed by atoms with E-state index in [9.17, 15) is 27.6 Å². The molecule has 2 aromatic carbocycles. The number of para-hydroxylation sites is 1. The van der Waals surface area contributed by atoms with Crippen LogP contribution in [-0.2, 0) is 16.0 Å². The smallest absolute Gasteiger partial charge is 0.406 e. The van der Waals surface area contributed by atoms with Crippen molar-refractivity contribution in [3.63, 3.8) is 0 Å². The first kappa shape index (κ1) is 25.0. The molecule has 36 heavy (non-hydrogen) atoms. The van der Waals surface area contributed by atoms with Gasteiger partial charge in [-0.3, -0.25) is 9.36 Å². The van der Waals surface area contributed by atoms with Crippen molar-refractivity contribution in [2.45, 2.75) is 31.3 Å². The second-order valence-corrected chi connectivity index (χ2v) is 8.30. The molecule has 0 bridgehead atoms. The molecule has 4 rings (SSSR count). The molecular formula is C24H23F3N4O5. The number of amides is 3. The number of carbonyl (C=O) groups excluding carboxylic acids is 3. The summed E-state index contributed by atoms with van der Waals surface area (Å²) in [5.41, 5.74) is 6.58. The normalized spacial score (nSPS) is 17.8. The van der Waals surface area contributed by atoms with Crippen LogP contribution in [0.3, 0.4) is 0 Å². The maximum absolute atomic E-state index is 13.2. The van der Waals surface area contributed by atoms with Gasteiger partial charge in [0.1, 0.15) is 5.75 Å². The van der Waals surface area contributed by atoms with Gasteiger partial charge in [0, 0.05) is 38.1 Å². The van der Waals surface area contributed by atoms with E-state index in [1.54, 1.807) is 24.3 Å². The molecule has 190 valence electrons. The number of ether oxygens (including phenoxy) is 2. The van der Waals surface area contributed by atoms with Crippen molar-refractivity contribution < 1.29 is 37.0 Å². The molecular weight excluding hydrogens is 481 g/mol. The number of halogens is 3. The number of alkyl halides is 3. The summed E-state index contributed by atoms with van der Waals surface area (Å²) in [4.78, 5) is 39.5. The number of hydrogen-bond acceptors (Lipinski definition) is 5. The van der Waals surface area contributed by atoms with Crippen LogP contribution in [0.2, 0.25) is 0 Å². The van der Waals surface area contributed by atoms with Gasteiger partial charge in [0.2, 0.25) is 0 Å². The fraction of sp³-hybridized carbons (Fsp3) is 0.292. The van der Waals surface area contributed by atoms with Crippen molar-refractivity contribution in [2.75, 3.05) is 19.0 Å². The van der Waals surface area contributed by atoms with E-state index in [4.69, 9.17) is 10.5 Å². The molecule has 2 heterocycles. The van der Waals surface area contributed by atoms with Crippen LogP contribution in [-0.4, -0.2) is 59.5 Å².